The molecule has 0 atom stereocenters. The number of nitrogens with one attached hydrogen (secondary N) is 2. The minimum atomic E-state index is -4.68. The number of rotatable bonds is 10. The number of nitrogens with zero attached hydrogens (tertiary/aromatic N) is 3. The van der Waals surface area contributed by atoms with Gasteiger partial charge in [0, 0.05) is 35.8 Å². The van der Waals surface area contributed by atoms with E-state index in [9.17, 15) is 23.3 Å². The number of nitro benzene ring substituents is 1. The minimum Gasteiger partial charge on any atom is -0.494 e. The molecule has 0 aliphatic rings. The normalized spacial score (nSPS) is 11.2. The summed E-state index contributed by atoms with van der Waals surface area (Å²) < 4.78 is 46.2. The Kier molecular flexibility index (Phi) is 7.65. The van der Waals surface area contributed by atoms with Gasteiger partial charge in [0.2, 0.25) is 5.95 Å². The number of ether oxygens (including phenoxy) is 1. The van der Waals surface area contributed by atoms with Crippen LogP contribution < -0.4 is 15.4 Å². The molecular weight excluding hydrogens is 439 g/mol. The summed E-state index contributed by atoms with van der Waals surface area (Å²) in [6, 6.07) is 11.9. The maximum atomic E-state index is 13.5. The molecule has 0 spiro atoms. The average Bonchev–Trinajstić information content (AvgIpc) is 2.77. The largest absolute Gasteiger partial charge is 0.494 e. The number of non-ortho nitro benzene ring substituents is 1. The zero-order valence-corrected chi connectivity index (χ0v) is 17.7. The van der Waals surface area contributed by atoms with Crippen molar-refractivity contribution in [3.8, 4) is 5.75 Å². The third-order valence-electron chi connectivity index (χ3n) is 4.54. The summed E-state index contributed by atoms with van der Waals surface area (Å²) in [5.41, 5.74) is -0.402. The Labute approximate surface area is 188 Å². The molecular formula is C22H22F3N5O3. The molecule has 0 aliphatic carbocycles. The van der Waals surface area contributed by atoms with Gasteiger partial charge in [-0.2, -0.15) is 18.2 Å². The van der Waals surface area contributed by atoms with Gasteiger partial charge in [-0.15, -0.1) is 0 Å². The summed E-state index contributed by atoms with van der Waals surface area (Å²) in [5, 5.41) is 16.2. The third kappa shape index (κ3) is 6.79. The number of alkyl halides is 3. The molecule has 11 heteroatoms. The summed E-state index contributed by atoms with van der Waals surface area (Å²) in [6.45, 7) is 2.59. The fraction of sp³-hybridized carbons (Fsp3) is 0.273. The second-order valence-electron chi connectivity index (χ2n) is 7.09. The van der Waals surface area contributed by atoms with Gasteiger partial charge < -0.3 is 15.4 Å². The molecule has 0 saturated carbocycles. The molecule has 0 aliphatic heterocycles. The smallest absolute Gasteiger partial charge is 0.421 e. The highest BCUT2D eigenvalue weighted by Crippen LogP contribution is 2.35. The predicted molar refractivity (Wildman–Crippen MR) is 118 cm³/mol. The van der Waals surface area contributed by atoms with Gasteiger partial charge in [0.1, 0.15) is 17.1 Å². The van der Waals surface area contributed by atoms with E-state index >= 15 is 0 Å². The second kappa shape index (κ2) is 10.6. The van der Waals surface area contributed by atoms with Gasteiger partial charge >= 0.3 is 6.18 Å². The predicted octanol–water partition coefficient (Wildman–Crippen LogP) is 6.46. The highest BCUT2D eigenvalue weighted by atomic mass is 19.4. The van der Waals surface area contributed by atoms with Crippen LogP contribution >= 0.6 is 0 Å². The van der Waals surface area contributed by atoms with E-state index in [1.165, 1.54) is 24.3 Å². The lowest BCUT2D eigenvalue weighted by molar-refractivity contribution is -0.384. The zero-order chi connectivity index (χ0) is 23.8. The van der Waals surface area contributed by atoms with Gasteiger partial charge in [0.15, 0.2) is 0 Å². The van der Waals surface area contributed by atoms with E-state index in [1.54, 1.807) is 24.3 Å². The van der Waals surface area contributed by atoms with Crippen LogP contribution in [0.4, 0.5) is 42.0 Å². The minimum absolute atomic E-state index is 0.105. The molecule has 2 N–H and O–H groups in total. The monoisotopic (exact) mass is 461 g/mol. The fourth-order valence-corrected chi connectivity index (χ4v) is 2.88. The van der Waals surface area contributed by atoms with E-state index in [2.05, 4.69) is 27.5 Å². The number of hydrogen-bond donors (Lipinski definition) is 2. The summed E-state index contributed by atoms with van der Waals surface area (Å²) in [7, 11) is 0. The van der Waals surface area contributed by atoms with Crippen LogP contribution in [0.15, 0.2) is 54.7 Å². The van der Waals surface area contributed by atoms with Crippen LogP contribution in [0.25, 0.3) is 0 Å². The first kappa shape index (κ1) is 23.8. The topological polar surface area (TPSA) is 102 Å². The molecule has 8 nitrogen and oxygen atoms in total. The molecule has 0 radical (unpaired) electrons. The molecule has 3 aromatic rings. The van der Waals surface area contributed by atoms with Crippen LogP contribution in [0, 0.1) is 10.1 Å². The average molecular weight is 461 g/mol. The quantitative estimate of drug-likeness (QED) is 0.203. The van der Waals surface area contributed by atoms with Crippen molar-refractivity contribution < 1.29 is 22.8 Å². The molecule has 0 amide bonds. The maximum Gasteiger partial charge on any atom is 0.421 e. The Bertz CT molecular complexity index is 1090. The summed E-state index contributed by atoms with van der Waals surface area (Å²) in [6.07, 6.45) is -1.04. The Morgan fingerprint density at radius 2 is 1.82 bits per heavy atom. The molecule has 2 aromatic carbocycles. The molecule has 0 unspecified atom stereocenters. The van der Waals surface area contributed by atoms with Crippen molar-refractivity contribution in [2.45, 2.75) is 32.4 Å². The van der Waals surface area contributed by atoms with Crippen molar-refractivity contribution in [1.29, 1.82) is 0 Å². The van der Waals surface area contributed by atoms with E-state index in [-0.39, 0.29) is 11.6 Å². The molecule has 33 heavy (non-hydrogen) atoms. The van der Waals surface area contributed by atoms with Crippen molar-refractivity contribution in [3.05, 3.63) is 70.4 Å². The molecule has 0 saturated heterocycles. The standard InChI is InChI=1S/C22H22F3N5O3/c1-2-3-4-12-33-18-7-5-6-16(13-18)27-20-19(22(23,24)25)14-26-21(29-20)28-15-8-10-17(11-9-15)30(31)32/h5-11,13-14H,2-4,12H2,1H3,(H2,26,27,28,29). The third-order valence-corrected chi connectivity index (χ3v) is 4.54. The lowest BCUT2D eigenvalue weighted by Gasteiger charge is -2.15. The van der Waals surface area contributed by atoms with Crippen LogP contribution in [0.2, 0.25) is 0 Å². The second-order valence-corrected chi connectivity index (χ2v) is 7.09. The first-order valence-electron chi connectivity index (χ1n) is 10.2. The fourth-order valence-electron chi connectivity index (χ4n) is 2.88. The van der Waals surface area contributed by atoms with Crippen LogP contribution in [-0.4, -0.2) is 21.5 Å². The van der Waals surface area contributed by atoms with Gasteiger partial charge in [-0.3, -0.25) is 10.1 Å². The number of benzene rings is 2. The van der Waals surface area contributed by atoms with Crippen molar-refractivity contribution in [1.82, 2.24) is 9.97 Å². The van der Waals surface area contributed by atoms with Gasteiger partial charge in [-0.1, -0.05) is 25.8 Å². The van der Waals surface area contributed by atoms with Crippen molar-refractivity contribution in [2.75, 3.05) is 17.2 Å². The highest BCUT2D eigenvalue weighted by molar-refractivity contribution is 5.64. The Balaban J connectivity index is 1.81. The van der Waals surface area contributed by atoms with Crippen LogP contribution in [0.1, 0.15) is 31.7 Å². The number of halogens is 3. The molecule has 0 fully saturated rings. The first-order valence-corrected chi connectivity index (χ1v) is 10.2. The number of unbranched alkanes of at least 4 members (excludes halogenated alkanes) is 2. The molecule has 3 rings (SSSR count). The Hall–Kier alpha value is -3.89. The molecule has 0 bridgehead atoms. The van der Waals surface area contributed by atoms with E-state index in [4.69, 9.17) is 4.74 Å². The van der Waals surface area contributed by atoms with E-state index in [0.29, 0.717) is 29.9 Å². The number of hydrogen-bond acceptors (Lipinski definition) is 7. The zero-order valence-electron chi connectivity index (χ0n) is 17.7. The highest BCUT2D eigenvalue weighted by Gasteiger charge is 2.35. The van der Waals surface area contributed by atoms with E-state index < -0.39 is 22.5 Å². The van der Waals surface area contributed by atoms with Crippen LogP contribution in [-0.2, 0) is 6.18 Å². The van der Waals surface area contributed by atoms with Gasteiger partial charge in [0.05, 0.1) is 11.5 Å². The van der Waals surface area contributed by atoms with Crippen molar-refractivity contribution in [3.63, 3.8) is 0 Å². The van der Waals surface area contributed by atoms with Gasteiger partial charge in [-0.25, -0.2) is 4.98 Å². The van der Waals surface area contributed by atoms with Gasteiger partial charge in [0.25, 0.3) is 5.69 Å². The van der Waals surface area contributed by atoms with E-state index in [0.717, 1.165) is 19.3 Å². The number of aromatic nitrogens is 2. The van der Waals surface area contributed by atoms with Crippen molar-refractivity contribution >= 4 is 28.8 Å². The molecule has 1 heterocycles. The first-order chi connectivity index (χ1) is 15.8. The number of nitro groups is 1. The Morgan fingerprint density at radius 3 is 2.48 bits per heavy atom. The van der Waals surface area contributed by atoms with Crippen LogP contribution in [0.5, 0.6) is 5.75 Å². The van der Waals surface area contributed by atoms with E-state index in [1.807, 2.05) is 0 Å². The van der Waals surface area contributed by atoms with Crippen LogP contribution in [0.3, 0.4) is 0 Å². The molecule has 174 valence electrons. The number of anilines is 4. The summed E-state index contributed by atoms with van der Waals surface area (Å²) in [4.78, 5) is 17.9. The molecule has 1 aromatic heterocycles. The summed E-state index contributed by atoms with van der Waals surface area (Å²) >= 11 is 0. The lowest BCUT2D eigenvalue weighted by atomic mass is 10.2. The van der Waals surface area contributed by atoms with Gasteiger partial charge in [-0.05, 0) is 30.7 Å². The lowest BCUT2D eigenvalue weighted by Crippen LogP contribution is -2.12. The SMILES string of the molecule is CCCCCOc1cccc(Nc2nc(Nc3ccc([N+](=O)[O-])cc3)ncc2C(F)(F)F)c1. The maximum absolute atomic E-state index is 13.5. The van der Waals surface area contributed by atoms with Crippen molar-refractivity contribution in [2.24, 2.45) is 0 Å². The summed E-state index contributed by atoms with van der Waals surface area (Å²) in [5.74, 6) is -0.0145. The Morgan fingerprint density at radius 1 is 1.06 bits per heavy atom.